The zero-order valence-corrected chi connectivity index (χ0v) is 9.71. The van der Waals surface area contributed by atoms with Crippen molar-refractivity contribution in [3.63, 3.8) is 0 Å². The number of nitrogens with one attached hydrogen (secondary N) is 2. The van der Waals surface area contributed by atoms with Crippen molar-refractivity contribution in [2.75, 3.05) is 19.7 Å². The molecule has 0 saturated carbocycles. The van der Waals surface area contributed by atoms with Crippen molar-refractivity contribution in [3.05, 3.63) is 0 Å². The standard InChI is InChI=1S/C11H22N2O2/c1-3-9(2)13-11(14)8-12-7-10-5-4-6-15-10/h9-10,12H,3-8H2,1-2H3,(H,13,14)/t9-,10-/m0/s1. The van der Waals surface area contributed by atoms with Gasteiger partial charge in [0.05, 0.1) is 12.6 Å². The summed E-state index contributed by atoms with van der Waals surface area (Å²) in [4.78, 5) is 11.4. The highest BCUT2D eigenvalue weighted by atomic mass is 16.5. The van der Waals surface area contributed by atoms with Crippen LogP contribution in [0, 0.1) is 0 Å². The third-order valence-electron chi connectivity index (χ3n) is 2.70. The summed E-state index contributed by atoms with van der Waals surface area (Å²) in [5.41, 5.74) is 0. The van der Waals surface area contributed by atoms with Crippen LogP contribution in [-0.4, -0.2) is 37.7 Å². The summed E-state index contributed by atoms with van der Waals surface area (Å²) in [6.45, 7) is 6.12. The van der Waals surface area contributed by atoms with E-state index in [1.807, 2.05) is 6.92 Å². The Hall–Kier alpha value is -0.610. The summed E-state index contributed by atoms with van der Waals surface area (Å²) in [5, 5.41) is 6.03. The first-order valence-corrected chi connectivity index (χ1v) is 5.84. The molecule has 1 heterocycles. The molecule has 1 amide bonds. The molecule has 1 rings (SSSR count). The highest BCUT2D eigenvalue weighted by Gasteiger charge is 2.15. The number of hydrogen-bond acceptors (Lipinski definition) is 3. The van der Waals surface area contributed by atoms with Gasteiger partial charge in [-0.3, -0.25) is 4.79 Å². The number of carbonyl (C=O) groups excluding carboxylic acids is 1. The van der Waals surface area contributed by atoms with Gasteiger partial charge in [0.15, 0.2) is 0 Å². The molecule has 4 heteroatoms. The van der Waals surface area contributed by atoms with E-state index in [0.29, 0.717) is 12.6 Å². The minimum atomic E-state index is 0.0716. The zero-order chi connectivity index (χ0) is 11.1. The Kier molecular flexibility index (Phi) is 5.65. The van der Waals surface area contributed by atoms with Crippen molar-refractivity contribution >= 4 is 5.91 Å². The molecular weight excluding hydrogens is 192 g/mol. The smallest absolute Gasteiger partial charge is 0.234 e. The molecule has 0 aliphatic carbocycles. The first-order chi connectivity index (χ1) is 7.22. The maximum atomic E-state index is 11.4. The molecule has 4 nitrogen and oxygen atoms in total. The van der Waals surface area contributed by atoms with E-state index in [1.54, 1.807) is 0 Å². The van der Waals surface area contributed by atoms with Crippen molar-refractivity contribution in [1.82, 2.24) is 10.6 Å². The molecule has 0 aromatic carbocycles. The van der Waals surface area contributed by atoms with E-state index >= 15 is 0 Å². The fourth-order valence-corrected chi connectivity index (χ4v) is 1.58. The maximum absolute atomic E-state index is 11.4. The lowest BCUT2D eigenvalue weighted by molar-refractivity contribution is -0.120. The minimum Gasteiger partial charge on any atom is -0.377 e. The van der Waals surface area contributed by atoms with Gasteiger partial charge in [-0.15, -0.1) is 0 Å². The van der Waals surface area contributed by atoms with Crippen molar-refractivity contribution < 1.29 is 9.53 Å². The van der Waals surface area contributed by atoms with Crippen LogP contribution in [0.15, 0.2) is 0 Å². The summed E-state index contributed by atoms with van der Waals surface area (Å²) < 4.78 is 5.44. The first kappa shape index (κ1) is 12.5. The second-order valence-corrected chi connectivity index (χ2v) is 4.14. The average Bonchev–Trinajstić information content (AvgIpc) is 2.70. The van der Waals surface area contributed by atoms with Gasteiger partial charge < -0.3 is 15.4 Å². The molecule has 0 radical (unpaired) electrons. The maximum Gasteiger partial charge on any atom is 0.234 e. The number of carbonyl (C=O) groups is 1. The highest BCUT2D eigenvalue weighted by Crippen LogP contribution is 2.10. The van der Waals surface area contributed by atoms with E-state index in [9.17, 15) is 4.79 Å². The topological polar surface area (TPSA) is 50.4 Å². The SMILES string of the molecule is CC[C@H](C)NC(=O)CNC[C@@H]1CCCO1. The molecule has 1 aliphatic heterocycles. The number of hydrogen-bond donors (Lipinski definition) is 2. The fourth-order valence-electron chi connectivity index (χ4n) is 1.58. The van der Waals surface area contributed by atoms with E-state index in [2.05, 4.69) is 17.6 Å². The van der Waals surface area contributed by atoms with Crippen LogP contribution in [-0.2, 0) is 9.53 Å². The Balaban J connectivity index is 2.01. The molecule has 0 spiro atoms. The number of ether oxygens (including phenoxy) is 1. The second-order valence-electron chi connectivity index (χ2n) is 4.14. The predicted octanol–water partition coefficient (Wildman–Crippen LogP) is 0.670. The van der Waals surface area contributed by atoms with Gasteiger partial charge in [-0.25, -0.2) is 0 Å². The Labute approximate surface area is 91.8 Å². The Bertz CT molecular complexity index is 191. The van der Waals surface area contributed by atoms with Gasteiger partial charge in [0.2, 0.25) is 5.91 Å². The Morgan fingerprint density at radius 1 is 1.60 bits per heavy atom. The first-order valence-electron chi connectivity index (χ1n) is 5.84. The van der Waals surface area contributed by atoms with E-state index in [1.165, 1.54) is 0 Å². The van der Waals surface area contributed by atoms with E-state index in [0.717, 1.165) is 32.4 Å². The van der Waals surface area contributed by atoms with Gasteiger partial charge in [-0.05, 0) is 26.2 Å². The third kappa shape index (κ3) is 5.14. The lowest BCUT2D eigenvalue weighted by Gasteiger charge is -2.13. The summed E-state index contributed by atoms with van der Waals surface area (Å²) in [6.07, 6.45) is 3.53. The summed E-state index contributed by atoms with van der Waals surface area (Å²) in [5.74, 6) is 0.0716. The average molecular weight is 214 g/mol. The van der Waals surface area contributed by atoms with Crippen molar-refractivity contribution in [2.45, 2.75) is 45.3 Å². The second kappa shape index (κ2) is 6.80. The molecule has 1 aliphatic rings. The lowest BCUT2D eigenvalue weighted by atomic mass is 10.2. The van der Waals surface area contributed by atoms with E-state index < -0.39 is 0 Å². The van der Waals surface area contributed by atoms with Crippen LogP contribution in [0.2, 0.25) is 0 Å². The Morgan fingerprint density at radius 3 is 3.00 bits per heavy atom. The van der Waals surface area contributed by atoms with Crippen LogP contribution in [0.4, 0.5) is 0 Å². The molecule has 0 aromatic rings. The zero-order valence-electron chi connectivity index (χ0n) is 9.71. The van der Waals surface area contributed by atoms with Crippen LogP contribution >= 0.6 is 0 Å². The van der Waals surface area contributed by atoms with Crippen LogP contribution in [0.25, 0.3) is 0 Å². The van der Waals surface area contributed by atoms with Gasteiger partial charge in [0, 0.05) is 19.2 Å². The molecule has 0 aromatic heterocycles. The molecule has 2 N–H and O–H groups in total. The molecule has 1 saturated heterocycles. The van der Waals surface area contributed by atoms with E-state index in [4.69, 9.17) is 4.74 Å². The monoisotopic (exact) mass is 214 g/mol. The van der Waals surface area contributed by atoms with Gasteiger partial charge in [-0.1, -0.05) is 6.92 Å². The molecule has 0 unspecified atom stereocenters. The fraction of sp³-hybridized carbons (Fsp3) is 0.909. The van der Waals surface area contributed by atoms with Gasteiger partial charge in [0.25, 0.3) is 0 Å². The largest absolute Gasteiger partial charge is 0.377 e. The molecular formula is C11H22N2O2. The molecule has 15 heavy (non-hydrogen) atoms. The highest BCUT2D eigenvalue weighted by molar-refractivity contribution is 5.78. The molecule has 0 bridgehead atoms. The summed E-state index contributed by atoms with van der Waals surface area (Å²) in [6, 6.07) is 0.266. The van der Waals surface area contributed by atoms with Crippen LogP contribution in [0.1, 0.15) is 33.1 Å². The van der Waals surface area contributed by atoms with Gasteiger partial charge in [0.1, 0.15) is 0 Å². The van der Waals surface area contributed by atoms with E-state index in [-0.39, 0.29) is 11.9 Å². The summed E-state index contributed by atoms with van der Waals surface area (Å²) >= 11 is 0. The predicted molar refractivity (Wildman–Crippen MR) is 59.7 cm³/mol. The van der Waals surface area contributed by atoms with Crippen LogP contribution in [0.3, 0.4) is 0 Å². The van der Waals surface area contributed by atoms with Crippen LogP contribution < -0.4 is 10.6 Å². The number of amides is 1. The quantitative estimate of drug-likeness (QED) is 0.683. The van der Waals surface area contributed by atoms with Crippen molar-refractivity contribution in [1.29, 1.82) is 0 Å². The number of rotatable bonds is 6. The van der Waals surface area contributed by atoms with Crippen molar-refractivity contribution in [3.8, 4) is 0 Å². The Morgan fingerprint density at radius 2 is 2.40 bits per heavy atom. The third-order valence-corrected chi connectivity index (χ3v) is 2.70. The summed E-state index contributed by atoms with van der Waals surface area (Å²) in [7, 11) is 0. The molecule has 88 valence electrons. The molecule has 2 atom stereocenters. The lowest BCUT2D eigenvalue weighted by Crippen LogP contribution is -2.40. The minimum absolute atomic E-state index is 0.0716. The normalized spacial score (nSPS) is 22.7. The van der Waals surface area contributed by atoms with Crippen molar-refractivity contribution in [2.24, 2.45) is 0 Å². The van der Waals surface area contributed by atoms with Gasteiger partial charge in [-0.2, -0.15) is 0 Å². The van der Waals surface area contributed by atoms with Gasteiger partial charge >= 0.3 is 0 Å². The molecule has 1 fully saturated rings. The van der Waals surface area contributed by atoms with Crippen LogP contribution in [0.5, 0.6) is 0 Å².